The van der Waals surface area contributed by atoms with Crippen LogP contribution in [0.15, 0.2) is 12.1 Å². The maximum atomic E-state index is 13.6. The number of anilines is 1. The monoisotopic (exact) mass is 255 g/mol. The molecular weight excluding hydrogens is 240 g/mol. The Morgan fingerprint density at radius 3 is 2.56 bits per heavy atom. The summed E-state index contributed by atoms with van der Waals surface area (Å²) in [4.78, 5) is 11.3. The van der Waals surface area contributed by atoms with E-state index in [9.17, 15) is 13.6 Å². The van der Waals surface area contributed by atoms with Crippen LogP contribution in [0.4, 0.5) is 14.5 Å². The molecule has 5 heteroatoms. The second kappa shape index (κ2) is 5.33. The van der Waals surface area contributed by atoms with E-state index < -0.39 is 17.6 Å². The number of rotatable bonds is 3. The highest BCUT2D eigenvalue weighted by molar-refractivity contribution is 5.90. The second-order valence-corrected chi connectivity index (χ2v) is 4.43. The number of ether oxygens (including phenoxy) is 1. The summed E-state index contributed by atoms with van der Waals surface area (Å²) in [5.74, 6) is -2.40. The number of halogens is 2. The Labute approximate surface area is 104 Å². The first-order chi connectivity index (χ1) is 8.61. The Kier molecular flexibility index (Phi) is 3.79. The molecule has 0 heterocycles. The van der Waals surface area contributed by atoms with Crippen LogP contribution < -0.4 is 5.32 Å². The zero-order valence-corrected chi connectivity index (χ0v) is 10.1. The highest BCUT2D eigenvalue weighted by Crippen LogP contribution is 2.26. The molecule has 0 bridgehead atoms. The largest absolute Gasteiger partial charge is 0.465 e. The fourth-order valence-corrected chi connectivity index (χ4v) is 2.22. The van der Waals surface area contributed by atoms with Crippen LogP contribution in [0.1, 0.15) is 36.0 Å². The number of carbonyl (C=O) groups excluding carboxylic acids is 1. The summed E-state index contributed by atoms with van der Waals surface area (Å²) in [6, 6.07) is 2.08. The highest BCUT2D eigenvalue weighted by Gasteiger charge is 2.20. The molecule has 0 saturated heterocycles. The lowest BCUT2D eigenvalue weighted by Gasteiger charge is -2.15. The first kappa shape index (κ1) is 12.8. The molecule has 98 valence electrons. The molecule has 0 unspecified atom stereocenters. The van der Waals surface area contributed by atoms with Gasteiger partial charge in [0.2, 0.25) is 0 Å². The number of nitrogens with one attached hydrogen (secondary N) is 1. The number of methoxy groups -OCH3 is 1. The third kappa shape index (κ3) is 2.60. The van der Waals surface area contributed by atoms with E-state index in [1.807, 2.05) is 0 Å². The van der Waals surface area contributed by atoms with Crippen LogP contribution in [0, 0.1) is 11.6 Å². The predicted molar refractivity (Wildman–Crippen MR) is 63.6 cm³/mol. The molecule has 1 saturated carbocycles. The van der Waals surface area contributed by atoms with E-state index >= 15 is 0 Å². The zero-order valence-electron chi connectivity index (χ0n) is 10.1. The molecule has 2 rings (SSSR count). The van der Waals surface area contributed by atoms with Crippen molar-refractivity contribution in [1.82, 2.24) is 0 Å². The SMILES string of the molecule is COC(=O)c1cc(NC2CCCC2)c(F)cc1F. The average molecular weight is 255 g/mol. The zero-order chi connectivity index (χ0) is 13.1. The third-order valence-electron chi connectivity index (χ3n) is 3.18. The summed E-state index contributed by atoms with van der Waals surface area (Å²) in [5, 5.41) is 3.01. The third-order valence-corrected chi connectivity index (χ3v) is 3.18. The van der Waals surface area contributed by atoms with Gasteiger partial charge in [-0.15, -0.1) is 0 Å². The quantitative estimate of drug-likeness (QED) is 0.843. The van der Waals surface area contributed by atoms with E-state index in [1.54, 1.807) is 0 Å². The molecule has 0 spiro atoms. The fourth-order valence-electron chi connectivity index (χ4n) is 2.22. The van der Waals surface area contributed by atoms with Crippen molar-refractivity contribution in [2.75, 3.05) is 12.4 Å². The van der Waals surface area contributed by atoms with Gasteiger partial charge in [0.05, 0.1) is 18.4 Å². The molecule has 1 N–H and O–H groups in total. The molecule has 1 aliphatic carbocycles. The van der Waals surface area contributed by atoms with Crippen molar-refractivity contribution in [3.63, 3.8) is 0 Å². The van der Waals surface area contributed by atoms with Gasteiger partial charge in [-0.1, -0.05) is 12.8 Å². The minimum atomic E-state index is -0.906. The predicted octanol–water partition coefficient (Wildman–Crippen LogP) is 3.11. The van der Waals surface area contributed by atoms with Gasteiger partial charge in [-0.2, -0.15) is 0 Å². The minimum absolute atomic E-state index is 0.156. The van der Waals surface area contributed by atoms with Crippen molar-refractivity contribution in [3.8, 4) is 0 Å². The molecular formula is C13H15F2NO2. The van der Waals surface area contributed by atoms with E-state index in [2.05, 4.69) is 10.1 Å². The van der Waals surface area contributed by atoms with Crippen LogP contribution in [0.2, 0.25) is 0 Å². The van der Waals surface area contributed by atoms with Crippen molar-refractivity contribution in [2.45, 2.75) is 31.7 Å². The topological polar surface area (TPSA) is 38.3 Å². The summed E-state index contributed by atoms with van der Waals surface area (Å²) in [6.07, 6.45) is 4.13. The standard InChI is InChI=1S/C13H15F2NO2/c1-18-13(17)9-6-12(11(15)7-10(9)14)16-8-4-2-3-5-8/h6-8,16H,2-5H2,1H3. The smallest absolute Gasteiger partial charge is 0.340 e. The minimum Gasteiger partial charge on any atom is -0.465 e. The van der Waals surface area contributed by atoms with Gasteiger partial charge >= 0.3 is 5.97 Å². The normalized spacial score (nSPS) is 15.7. The summed E-state index contributed by atoms with van der Waals surface area (Å²) < 4.78 is 31.5. The molecule has 0 aliphatic heterocycles. The number of hydrogen-bond donors (Lipinski definition) is 1. The number of carbonyl (C=O) groups is 1. The number of hydrogen-bond acceptors (Lipinski definition) is 3. The lowest BCUT2D eigenvalue weighted by molar-refractivity contribution is 0.0595. The first-order valence-electron chi connectivity index (χ1n) is 5.95. The maximum Gasteiger partial charge on any atom is 0.340 e. The van der Waals surface area contributed by atoms with Crippen LogP contribution >= 0.6 is 0 Å². The van der Waals surface area contributed by atoms with Gasteiger partial charge in [-0.3, -0.25) is 0 Å². The lowest BCUT2D eigenvalue weighted by atomic mass is 10.1. The van der Waals surface area contributed by atoms with Crippen LogP contribution in [0.3, 0.4) is 0 Å². The summed E-state index contributed by atoms with van der Waals surface area (Å²) in [7, 11) is 1.16. The average Bonchev–Trinajstić information content (AvgIpc) is 2.84. The van der Waals surface area contributed by atoms with Gasteiger partial charge < -0.3 is 10.1 Å². The second-order valence-electron chi connectivity index (χ2n) is 4.43. The number of benzene rings is 1. The van der Waals surface area contributed by atoms with Crippen LogP contribution in [-0.2, 0) is 4.74 Å². The fraction of sp³-hybridized carbons (Fsp3) is 0.462. The molecule has 0 aromatic heterocycles. The van der Waals surface area contributed by atoms with Gasteiger partial charge in [-0.05, 0) is 18.9 Å². The van der Waals surface area contributed by atoms with E-state index in [4.69, 9.17) is 0 Å². The molecule has 3 nitrogen and oxygen atoms in total. The van der Waals surface area contributed by atoms with Crippen molar-refractivity contribution < 1.29 is 18.3 Å². The first-order valence-corrected chi connectivity index (χ1v) is 5.95. The van der Waals surface area contributed by atoms with E-state index in [-0.39, 0.29) is 17.3 Å². The lowest BCUT2D eigenvalue weighted by Crippen LogP contribution is -2.16. The van der Waals surface area contributed by atoms with Gasteiger partial charge in [0, 0.05) is 12.1 Å². The summed E-state index contributed by atoms with van der Waals surface area (Å²) >= 11 is 0. The summed E-state index contributed by atoms with van der Waals surface area (Å²) in [5.41, 5.74) is -0.0944. The van der Waals surface area contributed by atoms with Gasteiger partial charge in [0.25, 0.3) is 0 Å². The van der Waals surface area contributed by atoms with Crippen LogP contribution in [0.25, 0.3) is 0 Å². The van der Waals surface area contributed by atoms with E-state index in [1.165, 1.54) is 6.07 Å². The highest BCUT2D eigenvalue weighted by atomic mass is 19.1. The Hall–Kier alpha value is -1.65. The molecule has 1 aromatic rings. The van der Waals surface area contributed by atoms with E-state index in [0.29, 0.717) is 6.07 Å². The van der Waals surface area contributed by atoms with Crippen molar-refractivity contribution in [3.05, 3.63) is 29.3 Å². The van der Waals surface area contributed by atoms with Crippen molar-refractivity contribution in [1.29, 1.82) is 0 Å². The van der Waals surface area contributed by atoms with E-state index in [0.717, 1.165) is 32.8 Å². The van der Waals surface area contributed by atoms with Gasteiger partial charge in [0.15, 0.2) is 0 Å². The Morgan fingerprint density at radius 1 is 1.28 bits per heavy atom. The van der Waals surface area contributed by atoms with Crippen LogP contribution in [0.5, 0.6) is 0 Å². The van der Waals surface area contributed by atoms with Gasteiger partial charge in [0.1, 0.15) is 11.6 Å². The molecule has 18 heavy (non-hydrogen) atoms. The molecule has 1 aliphatic rings. The molecule has 0 amide bonds. The van der Waals surface area contributed by atoms with Gasteiger partial charge in [-0.25, -0.2) is 13.6 Å². The van der Waals surface area contributed by atoms with Crippen molar-refractivity contribution >= 4 is 11.7 Å². The molecule has 1 aromatic carbocycles. The molecule has 1 fully saturated rings. The Morgan fingerprint density at radius 2 is 1.94 bits per heavy atom. The number of esters is 1. The van der Waals surface area contributed by atoms with Crippen molar-refractivity contribution in [2.24, 2.45) is 0 Å². The Bertz CT molecular complexity index is 457. The van der Waals surface area contributed by atoms with Crippen LogP contribution in [-0.4, -0.2) is 19.1 Å². The Balaban J connectivity index is 2.25. The summed E-state index contributed by atoms with van der Waals surface area (Å²) in [6.45, 7) is 0. The maximum absolute atomic E-state index is 13.6. The molecule has 0 radical (unpaired) electrons. The molecule has 0 atom stereocenters.